The number of aromatic nitrogens is 2. The van der Waals surface area contributed by atoms with Crippen LogP contribution in [-0.4, -0.2) is 58.7 Å². The summed E-state index contributed by atoms with van der Waals surface area (Å²) in [4.78, 5) is 13.3. The fourth-order valence-electron chi connectivity index (χ4n) is 3.11. The first-order chi connectivity index (χ1) is 13.5. The number of primary sulfonamides is 1. The number of alkyl halides is 3. The van der Waals surface area contributed by atoms with Gasteiger partial charge in [-0.15, -0.1) is 0 Å². The summed E-state index contributed by atoms with van der Waals surface area (Å²) in [5, 5.41) is 4.94. The molecule has 0 atom stereocenters. The van der Waals surface area contributed by atoms with Crippen LogP contribution in [0.25, 0.3) is 0 Å². The maximum absolute atomic E-state index is 13.3. The predicted octanol–water partition coefficient (Wildman–Crippen LogP) is 1.54. The number of benzene rings is 1. The van der Waals surface area contributed by atoms with Crippen LogP contribution in [0.2, 0.25) is 0 Å². The van der Waals surface area contributed by atoms with Crippen molar-refractivity contribution in [1.82, 2.24) is 9.97 Å². The van der Waals surface area contributed by atoms with Gasteiger partial charge in [-0.2, -0.15) is 18.2 Å². The van der Waals surface area contributed by atoms with Gasteiger partial charge in [-0.1, -0.05) is 0 Å². The van der Waals surface area contributed by atoms with Crippen LogP contribution in [0.4, 0.5) is 30.6 Å². The highest BCUT2D eigenvalue weighted by Gasteiger charge is 2.37. The number of piperazine rings is 1. The molecular formula is C17H21F3N6O2S. The van der Waals surface area contributed by atoms with Crippen molar-refractivity contribution >= 4 is 27.5 Å². The van der Waals surface area contributed by atoms with Crippen molar-refractivity contribution in [1.29, 1.82) is 0 Å². The van der Waals surface area contributed by atoms with Gasteiger partial charge in [0.05, 0.1) is 10.5 Å². The van der Waals surface area contributed by atoms with Gasteiger partial charge in [0.25, 0.3) is 0 Å². The molecular weight excluding hydrogens is 409 g/mol. The molecule has 1 saturated heterocycles. The number of hydrogen-bond donors (Lipinski definition) is 1. The van der Waals surface area contributed by atoms with Crippen molar-refractivity contribution in [3.05, 3.63) is 36.0 Å². The second-order valence-corrected chi connectivity index (χ2v) is 8.34. The molecule has 0 amide bonds. The largest absolute Gasteiger partial charge is 0.417 e. The Morgan fingerprint density at radius 3 is 2.24 bits per heavy atom. The Balaban J connectivity index is 1.80. The number of nitrogens with zero attached hydrogens (tertiary/aromatic N) is 5. The van der Waals surface area contributed by atoms with Gasteiger partial charge in [0.2, 0.25) is 16.0 Å². The summed E-state index contributed by atoms with van der Waals surface area (Å²) in [5.41, 5.74) is -0.965. The normalized spacial score (nSPS) is 15.5. The summed E-state index contributed by atoms with van der Waals surface area (Å²) in [6.45, 7) is 1.99. The Morgan fingerprint density at radius 1 is 1.07 bits per heavy atom. The van der Waals surface area contributed by atoms with Crippen LogP contribution >= 0.6 is 0 Å². The SMILES string of the molecule is CN(C)c1nccc(N2CCN(c3ccc(S(N)(=O)=O)c(C(F)(F)F)c3)CC2)n1. The van der Waals surface area contributed by atoms with E-state index in [1.54, 1.807) is 22.1 Å². The molecule has 1 aromatic heterocycles. The Morgan fingerprint density at radius 2 is 1.69 bits per heavy atom. The number of hydrogen-bond acceptors (Lipinski definition) is 7. The summed E-state index contributed by atoms with van der Waals surface area (Å²) < 4.78 is 63.1. The lowest BCUT2D eigenvalue weighted by atomic mass is 10.1. The molecule has 29 heavy (non-hydrogen) atoms. The zero-order chi connectivity index (χ0) is 21.4. The Labute approximate surface area is 166 Å². The summed E-state index contributed by atoms with van der Waals surface area (Å²) >= 11 is 0. The molecule has 0 radical (unpaired) electrons. The predicted molar refractivity (Wildman–Crippen MR) is 104 cm³/mol. The van der Waals surface area contributed by atoms with E-state index >= 15 is 0 Å². The van der Waals surface area contributed by atoms with E-state index in [9.17, 15) is 21.6 Å². The first-order valence-corrected chi connectivity index (χ1v) is 10.3. The highest BCUT2D eigenvalue weighted by molar-refractivity contribution is 7.89. The molecule has 158 valence electrons. The third-order valence-electron chi connectivity index (χ3n) is 4.57. The summed E-state index contributed by atoms with van der Waals surface area (Å²) in [6, 6.07) is 4.88. The number of sulfonamides is 1. The third-order valence-corrected chi connectivity index (χ3v) is 5.54. The molecule has 2 aromatic rings. The number of anilines is 3. The standard InChI is InChI=1S/C17H21F3N6O2S/c1-24(2)16-22-6-5-15(23-16)26-9-7-25(8-10-26)12-3-4-14(29(21,27)28)13(11-12)17(18,19)20/h3-6,11H,7-10H2,1-2H3,(H2,21,27,28). The van der Waals surface area contributed by atoms with Crippen molar-refractivity contribution in [2.75, 3.05) is 55.0 Å². The molecule has 3 rings (SSSR count). The van der Waals surface area contributed by atoms with Crippen LogP contribution in [0.15, 0.2) is 35.4 Å². The van der Waals surface area contributed by atoms with E-state index in [-0.39, 0.29) is 0 Å². The third kappa shape index (κ3) is 4.70. The van der Waals surface area contributed by atoms with E-state index in [4.69, 9.17) is 5.14 Å². The number of nitrogens with two attached hydrogens (primary N) is 1. The summed E-state index contributed by atoms with van der Waals surface area (Å²) in [5.74, 6) is 1.31. The second kappa shape index (κ2) is 7.67. The first kappa shape index (κ1) is 21.1. The van der Waals surface area contributed by atoms with Crippen LogP contribution in [0.5, 0.6) is 0 Å². The Bertz CT molecular complexity index is 989. The van der Waals surface area contributed by atoms with Crippen molar-refractivity contribution in [2.45, 2.75) is 11.1 Å². The number of rotatable bonds is 4. The van der Waals surface area contributed by atoms with Gasteiger partial charge < -0.3 is 14.7 Å². The lowest BCUT2D eigenvalue weighted by Crippen LogP contribution is -2.47. The first-order valence-electron chi connectivity index (χ1n) is 8.71. The van der Waals surface area contributed by atoms with E-state index in [2.05, 4.69) is 9.97 Å². The van der Waals surface area contributed by atoms with E-state index in [1.165, 1.54) is 6.07 Å². The molecule has 1 aliphatic rings. The minimum atomic E-state index is -4.83. The van der Waals surface area contributed by atoms with Gasteiger partial charge in [0.1, 0.15) is 5.82 Å². The highest BCUT2D eigenvalue weighted by atomic mass is 32.2. The van der Waals surface area contributed by atoms with E-state index in [0.717, 1.165) is 18.0 Å². The molecule has 12 heteroatoms. The second-order valence-electron chi connectivity index (χ2n) is 6.81. The quantitative estimate of drug-likeness (QED) is 0.786. The molecule has 2 N–H and O–H groups in total. The van der Waals surface area contributed by atoms with Crippen LogP contribution in [-0.2, 0) is 16.2 Å². The van der Waals surface area contributed by atoms with Crippen molar-refractivity contribution in [2.24, 2.45) is 5.14 Å². The average Bonchev–Trinajstić information content (AvgIpc) is 2.66. The van der Waals surface area contributed by atoms with Gasteiger partial charge >= 0.3 is 6.18 Å². The van der Waals surface area contributed by atoms with Crippen molar-refractivity contribution < 1.29 is 21.6 Å². The van der Waals surface area contributed by atoms with Gasteiger partial charge in [0, 0.05) is 52.2 Å². The van der Waals surface area contributed by atoms with Crippen molar-refractivity contribution in [3.63, 3.8) is 0 Å². The lowest BCUT2D eigenvalue weighted by Gasteiger charge is -2.37. The molecule has 0 aliphatic carbocycles. The maximum atomic E-state index is 13.3. The van der Waals surface area contributed by atoms with Crippen molar-refractivity contribution in [3.8, 4) is 0 Å². The molecule has 0 spiro atoms. The topological polar surface area (TPSA) is 95.7 Å². The molecule has 0 unspecified atom stereocenters. The monoisotopic (exact) mass is 430 g/mol. The molecule has 0 saturated carbocycles. The summed E-state index contributed by atoms with van der Waals surface area (Å²) in [7, 11) is -0.817. The van der Waals surface area contributed by atoms with Crippen LogP contribution in [0, 0.1) is 0 Å². The Hall–Kier alpha value is -2.60. The van der Waals surface area contributed by atoms with Gasteiger partial charge in [-0.05, 0) is 24.3 Å². The minimum Gasteiger partial charge on any atom is -0.368 e. The molecule has 2 heterocycles. The molecule has 8 nitrogen and oxygen atoms in total. The van der Waals surface area contributed by atoms with Gasteiger partial charge in [0.15, 0.2) is 0 Å². The van der Waals surface area contributed by atoms with Gasteiger partial charge in [-0.25, -0.2) is 18.5 Å². The molecule has 0 bridgehead atoms. The van der Waals surface area contributed by atoms with Crippen LogP contribution in [0.3, 0.4) is 0 Å². The van der Waals surface area contributed by atoms with Crippen LogP contribution in [0.1, 0.15) is 5.56 Å². The highest BCUT2D eigenvalue weighted by Crippen LogP contribution is 2.36. The minimum absolute atomic E-state index is 0.293. The molecule has 1 aliphatic heterocycles. The average molecular weight is 430 g/mol. The fourth-order valence-corrected chi connectivity index (χ4v) is 3.85. The smallest absolute Gasteiger partial charge is 0.368 e. The van der Waals surface area contributed by atoms with E-state index < -0.39 is 26.7 Å². The molecule has 1 fully saturated rings. The lowest BCUT2D eigenvalue weighted by molar-refractivity contribution is -0.139. The van der Waals surface area contributed by atoms with Gasteiger partial charge in [-0.3, -0.25) is 0 Å². The Kier molecular flexibility index (Phi) is 5.59. The zero-order valence-electron chi connectivity index (χ0n) is 15.9. The number of halogens is 3. The maximum Gasteiger partial charge on any atom is 0.417 e. The zero-order valence-corrected chi connectivity index (χ0v) is 16.7. The van der Waals surface area contributed by atoms with E-state index in [0.29, 0.717) is 37.8 Å². The molecule has 1 aromatic carbocycles. The summed E-state index contributed by atoms with van der Waals surface area (Å²) in [6.07, 6.45) is -3.17. The fraction of sp³-hybridized carbons (Fsp3) is 0.412. The van der Waals surface area contributed by atoms with Crippen LogP contribution < -0.4 is 19.8 Å². The van der Waals surface area contributed by atoms with E-state index in [1.807, 2.05) is 19.0 Å².